The van der Waals surface area contributed by atoms with Crippen LogP contribution in [0.25, 0.3) is 0 Å². The van der Waals surface area contributed by atoms with Gasteiger partial charge in [0, 0.05) is 19.6 Å². The van der Waals surface area contributed by atoms with E-state index in [-0.39, 0.29) is 0 Å². The first kappa shape index (κ1) is 14.2. The van der Waals surface area contributed by atoms with E-state index >= 15 is 0 Å². The molecule has 2 heteroatoms. The first-order valence-corrected chi connectivity index (χ1v) is 4.95. The Morgan fingerprint density at radius 1 is 1.33 bits per heavy atom. The summed E-state index contributed by atoms with van der Waals surface area (Å²) >= 11 is 0. The number of rotatable bonds is 2. The summed E-state index contributed by atoms with van der Waals surface area (Å²) in [6.07, 6.45) is 2.72. The van der Waals surface area contributed by atoms with Crippen LogP contribution in [0.15, 0.2) is 0 Å². The fourth-order valence-corrected chi connectivity index (χ4v) is 0.905. The first-order chi connectivity index (χ1) is 5.93. The van der Waals surface area contributed by atoms with E-state index in [1.54, 1.807) is 0 Å². The molecule has 0 aromatic heterocycles. The highest BCUT2D eigenvalue weighted by Crippen LogP contribution is 2.13. The minimum Gasteiger partial charge on any atom is -0.381 e. The van der Waals surface area contributed by atoms with Gasteiger partial charge in [0.1, 0.15) is 6.29 Å². The summed E-state index contributed by atoms with van der Waals surface area (Å²) < 4.78 is 5.05. The summed E-state index contributed by atoms with van der Waals surface area (Å²) in [5.74, 6) is 0.521. The van der Waals surface area contributed by atoms with Gasteiger partial charge in [0.25, 0.3) is 0 Å². The van der Waals surface area contributed by atoms with Crippen LogP contribution in [0.2, 0.25) is 0 Å². The molecule has 74 valence electrons. The van der Waals surface area contributed by atoms with E-state index in [1.165, 1.54) is 0 Å². The summed E-state index contributed by atoms with van der Waals surface area (Å²) in [6, 6.07) is 0. The highest BCUT2D eigenvalue weighted by atomic mass is 16.5. The van der Waals surface area contributed by atoms with Crippen molar-refractivity contribution < 1.29 is 9.53 Å². The molecule has 0 bridgehead atoms. The van der Waals surface area contributed by atoms with E-state index in [2.05, 4.69) is 0 Å². The Bertz CT molecular complexity index is 75.9. The lowest BCUT2D eigenvalue weighted by atomic mass is 10.1. The number of carbonyl (C=O) groups excluding carboxylic acids is 1. The standard InChI is InChI=1S/C6H10O2.2C2H6/c7-3-1-6-2-4-8-5-6;2*1-2/h3,6H,1-2,4-5H2;2*1-2H3. The maximum Gasteiger partial charge on any atom is 0.120 e. The average Bonchev–Trinajstić information content (AvgIpc) is 2.65. The van der Waals surface area contributed by atoms with Gasteiger partial charge in [-0.3, -0.25) is 0 Å². The van der Waals surface area contributed by atoms with Crippen LogP contribution in [0.3, 0.4) is 0 Å². The van der Waals surface area contributed by atoms with Crippen LogP contribution < -0.4 is 0 Å². The maximum atomic E-state index is 9.91. The lowest BCUT2D eigenvalue weighted by Crippen LogP contribution is -1.98. The highest BCUT2D eigenvalue weighted by molar-refractivity contribution is 5.49. The molecule has 1 aliphatic rings. The quantitative estimate of drug-likeness (QED) is 0.602. The van der Waals surface area contributed by atoms with Crippen molar-refractivity contribution in [2.45, 2.75) is 40.5 Å². The van der Waals surface area contributed by atoms with Gasteiger partial charge in [-0.15, -0.1) is 0 Å². The molecule has 0 N–H and O–H groups in total. The molecule has 0 radical (unpaired) electrons. The predicted molar refractivity (Wildman–Crippen MR) is 52.3 cm³/mol. The summed E-state index contributed by atoms with van der Waals surface area (Å²) in [4.78, 5) is 9.91. The summed E-state index contributed by atoms with van der Waals surface area (Å²) in [6.45, 7) is 9.64. The summed E-state index contributed by atoms with van der Waals surface area (Å²) in [5.41, 5.74) is 0. The minimum atomic E-state index is 0.521. The lowest BCUT2D eigenvalue weighted by Gasteiger charge is -1.96. The fourth-order valence-electron chi connectivity index (χ4n) is 0.905. The number of hydrogen-bond acceptors (Lipinski definition) is 2. The van der Waals surface area contributed by atoms with Crippen LogP contribution in [0, 0.1) is 5.92 Å². The van der Waals surface area contributed by atoms with Crippen molar-refractivity contribution >= 4 is 6.29 Å². The van der Waals surface area contributed by atoms with Gasteiger partial charge in [0.15, 0.2) is 0 Å². The molecule has 1 heterocycles. The first-order valence-electron chi connectivity index (χ1n) is 4.95. The van der Waals surface area contributed by atoms with Gasteiger partial charge in [0.05, 0.1) is 0 Å². The number of aldehydes is 1. The lowest BCUT2D eigenvalue weighted by molar-refractivity contribution is -0.108. The van der Waals surface area contributed by atoms with Crippen molar-refractivity contribution in [3.05, 3.63) is 0 Å². The van der Waals surface area contributed by atoms with Crippen LogP contribution in [0.5, 0.6) is 0 Å². The molecule has 2 nitrogen and oxygen atoms in total. The molecule has 0 spiro atoms. The summed E-state index contributed by atoms with van der Waals surface area (Å²) in [7, 11) is 0. The van der Waals surface area contributed by atoms with Crippen molar-refractivity contribution in [2.24, 2.45) is 5.92 Å². The largest absolute Gasteiger partial charge is 0.381 e. The second-order valence-electron chi connectivity index (χ2n) is 2.13. The number of carbonyl (C=O) groups is 1. The molecule has 1 fully saturated rings. The van der Waals surface area contributed by atoms with Gasteiger partial charge in [-0.2, -0.15) is 0 Å². The van der Waals surface area contributed by atoms with E-state index in [9.17, 15) is 4.79 Å². The van der Waals surface area contributed by atoms with Crippen molar-refractivity contribution in [2.75, 3.05) is 13.2 Å². The molecule has 12 heavy (non-hydrogen) atoms. The molecular weight excluding hydrogens is 152 g/mol. The van der Waals surface area contributed by atoms with E-state index < -0.39 is 0 Å². The van der Waals surface area contributed by atoms with Crippen LogP contribution in [0.4, 0.5) is 0 Å². The van der Waals surface area contributed by atoms with Gasteiger partial charge in [-0.05, 0) is 12.3 Å². The zero-order valence-corrected chi connectivity index (χ0v) is 8.80. The smallest absolute Gasteiger partial charge is 0.120 e. The molecule has 0 aliphatic carbocycles. The SMILES string of the molecule is CC.CC.O=CCC1CCOC1. The van der Waals surface area contributed by atoms with E-state index in [0.717, 1.165) is 25.9 Å². The molecule has 0 saturated carbocycles. The molecule has 1 rings (SSSR count). The average molecular weight is 174 g/mol. The third-order valence-corrected chi connectivity index (χ3v) is 1.45. The molecule has 1 saturated heterocycles. The Balaban J connectivity index is 0. The normalized spacial score (nSPS) is 19.8. The summed E-state index contributed by atoms with van der Waals surface area (Å²) in [5, 5.41) is 0. The van der Waals surface area contributed by atoms with Crippen molar-refractivity contribution in [1.29, 1.82) is 0 Å². The van der Waals surface area contributed by atoms with E-state index in [4.69, 9.17) is 4.74 Å². The van der Waals surface area contributed by atoms with Gasteiger partial charge >= 0.3 is 0 Å². The minimum absolute atomic E-state index is 0.521. The molecule has 1 unspecified atom stereocenters. The van der Waals surface area contributed by atoms with Crippen LogP contribution >= 0.6 is 0 Å². The third-order valence-electron chi connectivity index (χ3n) is 1.45. The maximum absolute atomic E-state index is 9.91. The zero-order chi connectivity index (χ0) is 9.82. The van der Waals surface area contributed by atoms with Crippen molar-refractivity contribution in [3.8, 4) is 0 Å². The Morgan fingerprint density at radius 2 is 1.92 bits per heavy atom. The Kier molecular flexibility index (Phi) is 15.6. The Labute approximate surface area is 76.3 Å². The predicted octanol–water partition coefficient (Wildman–Crippen LogP) is 2.66. The second-order valence-corrected chi connectivity index (χ2v) is 2.13. The zero-order valence-electron chi connectivity index (χ0n) is 8.80. The number of ether oxygens (including phenoxy) is 1. The highest BCUT2D eigenvalue weighted by Gasteiger charge is 2.13. The monoisotopic (exact) mass is 174 g/mol. The van der Waals surface area contributed by atoms with Gasteiger partial charge in [0.2, 0.25) is 0 Å². The van der Waals surface area contributed by atoms with E-state index in [0.29, 0.717) is 12.3 Å². The van der Waals surface area contributed by atoms with Crippen LogP contribution in [-0.2, 0) is 9.53 Å². The molecular formula is C10H22O2. The van der Waals surface area contributed by atoms with Gasteiger partial charge in [-0.25, -0.2) is 0 Å². The molecule has 1 atom stereocenters. The molecule has 0 aromatic carbocycles. The van der Waals surface area contributed by atoms with Crippen molar-refractivity contribution in [1.82, 2.24) is 0 Å². The molecule has 1 aliphatic heterocycles. The molecule has 0 amide bonds. The van der Waals surface area contributed by atoms with Gasteiger partial charge in [-0.1, -0.05) is 27.7 Å². The topological polar surface area (TPSA) is 26.3 Å². The van der Waals surface area contributed by atoms with Crippen molar-refractivity contribution in [3.63, 3.8) is 0 Å². The van der Waals surface area contributed by atoms with E-state index in [1.807, 2.05) is 27.7 Å². The van der Waals surface area contributed by atoms with Gasteiger partial charge < -0.3 is 9.53 Å². The number of hydrogen-bond donors (Lipinski definition) is 0. The second kappa shape index (κ2) is 13.2. The van der Waals surface area contributed by atoms with Crippen LogP contribution in [0.1, 0.15) is 40.5 Å². The fraction of sp³-hybridized carbons (Fsp3) is 0.900. The third kappa shape index (κ3) is 7.73. The van der Waals surface area contributed by atoms with Crippen LogP contribution in [-0.4, -0.2) is 19.5 Å². The Morgan fingerprint density at radius 3 is 2.25 bits per heavy atom. The molecule has 0 aromatic rings. The Hall–Kier alpha value is -0.370.